The zero-order chi connectivity index (χ0) is 9.68. The van der Waals surface area contributed by atoms with E-state index in [-0.39, 0.29) is 0 Å². The van der Waals surface area contributed by atoms with E-state index < -0.39 is 0 Å². The Morgan fingerprint density at radius 3 is 2.46 bits per heavy atom. The molecule has 0 heterocycles. The van der Waals surface area contributed by atoms with Crippen molar-refractivity contribution in [2.75, 3.05) is 19.6 Å². The van der Waals surface area contributed by atoms with Gasteiger partial charge in [0.1, 0.15) is 0 Å². The first-order chi connectivity index (χ1) is 6.24. The fourth-order valence-corrected chi connectivity index (χ4v) is 1.65. The van der Waals surface area contributed by atoms with Crippen LogP contribution in [0.1, 0.15) is 33.6 Å². The van der Waals surface area contributed by atoms with Gasteiger partial charge in [-0.05, 0) is 44.7 Å². The van der Waals surface area contributed by atoms with E-state index in [1.807, 2.05) is 0 Å². The second-order valence-corrected chi connectivity index (χ2v) is 4.43. The molecule has 0 aromatic rings. The SMILES string of the molecule is CCNCC(C)NCC(C)C1CC1. The van der Waals surface area contributed by atoms with Crippen LogP contribution in [-0.2, 0) is 0 Å². The van der Waals surface area contributed by atoms with E-state index in [4.69, 9.17) is 0 Å². The van der Waals surface area contributed by atoms with E-state index in [0.29, 0.717) is 6.04 Å². The number of hydrogen-bond acceptors (Lipinski definition) is 2. The van der Waals surface area contributed by atoms with Crippen LogP contribution in [0.4, 0.5) is 0 Å². The fourth-order valence-electron chi connectivity index (χ4n) is 1.65. The third kappa shape index (κ3) is 4.63. The van der Waals surface area contributed by atoms with Gasteiger partial charge < -0.3 is 10.6 Å². The summed E-state index contributed by atoms with van der Waals surface area (Å²) in [5.41, 5.74) is 0. The number of likely N-dealkylation sites (N-methyl/N-ethyl adjacent to an activating group) is 1. The first kappa shape index (κ1) is 11.0. The average Bonchev–Trinajstić information content (AvgIpc) is 2.93. The maximum absolute atomic E-state index is 3.58. The third-order valence-corrected chi connectivity index (χ3v) is 2.92. The second-order valence-electron chi connectivity index (χ2n) is 4.43. The molecule has 13 heavy (non-hydrogen) atoms. The largest absolute Gasteiger partial charge is 0.315 e. The van der Waals surface area contributed by atoms with Crippen LogP contribution in [0.15, 0.2) is 0 Å². The summed E-state index contributed by atoms with van der Waals surface area (Å²) >= 11 is 0. The Balaban J connectivity index is 1.96. The van der Waals surface area contributed by atoms with E-state index in [2.05, 4.69) is 31.4 Å². The van der Waals surface area contributed by atoms with Crippen LogP contribution in [0.5, 0.6) is 0 Å². The highest BCUT2D eigenvalue weighted by Crippen LogP contribution is 2.36. The van der Waals surface area contributed by atoms with Crippen LogP contribution in [0.3, 0.4) is 0 Å². The Kier molecular flexibility index (Phi) is 4.74. The molecule has 0 spiro atoms. The second kappa shape index (κ2) is 5.61. The van der Waals surface area contributed by atoms with Crippen LogP contribution in [-0.4, -0.2) is 25.7 Å². The number of hydrogen-bond donors (Lipinski definition) is 2. The quantitative estimate of drug-likeness (QED) is 0.628. The van der Waals surface area contributed by atoms with Gasteiger partial charge in [-0.1, -0.05) is 13.8 Å². The molecule has 1 saturated carbocycles. The molecule has 1 fully saturated rings. The summed E-state index contributed by atoms with van der Waals surface area (Å²) in [6, 6.07) is 0.612. The maximum Gasteiger partial charge on any atom is 0.0164 e. The van der Waals surface area contributed by atoms with Crippen LogP contribution in [0, 0.1) is 11.8 Å². The first-order valence-electron chi connectivity index (χ1n) is 5.68. The lowest BCUT2D eigenvalue weighted by Crippen LogP contribution is -2.38. The lowest BCUT2D eigenvalue weighted by atomic mass is 10.1. The Hall–Kier alpha value is -0.0800. The van der Waals surface area contributed by atoms with Gasteiger partial charge in [-0.2, -0.15) is 0 Å². The van der Waals surface area contributed by atoms with Crippen LogP contribution < -0.4 is 10.6 Å². The molecule has 1 rings (SSSR count). The summed E-state index contributed by atoms with van der Waals surface area (Å²) in [5, 5.41) is 6.93. The smallest absolute Gasteiger partial charge is 0.0164 e. The van der Waals surface area contributed by atoms with Gasteiger partial charge in [-0.3, -0.25) is 0 Å². The van der Waals surface area contributed by atoms with Crippen molar-refractivity contribution in [1.29, 1.82) is 0 Å². The maximum atomic E-state index is 3.58. The van der Waals surface area contributed by atoms with Crippen molar-refractivity contribution in [3.05, 3.63) is 0 Å². The van der Waals surface area contributed by atoms with Crippen LogP contribution in [0.2, 0.25) is 0 Å². The summed E-state index contributed by atoms with van der Waals surface area (Å²) in [5.74, 6) is 1.91. The number of nitrogens with one attached hydrogen (secondary N) is 2. The predicted octanol–water partition coefficient (Wildman–Crippen LogP) is 1.62. The minimum absolute atomic E-state index is 0.612. The zero-order valence-corrected chi connectivity index (χ0v) is 9.27. The third-order valence-electron chi connectivity index (χ3n) is 2.92. The molecule has 0 bridgehead atoms. The van der Waals surface area contributed by atoms with E-state index in [0.717, 1.165) is 24.9 Å². The minimum Gasteiger partial charge on any atom is -0.315 e. The summed E-state index contributed by atoms with van der Waals surface area (Å²) < 4.78 is 0. The Morgan fingerprint density at radius 2 is 1.92 bits per heavy atom. The van der Waals surface area contributed by atoms with Crippen molar-refractivity contribution in [2.45, 2.75) is 39.7 Å². The van der Waals surface area contributed by atoms with Gasteiger partial charge in [0, 0.05) is 12.6 Å². The van der Waals surface area contributed by atoms with Crippen molar-refractivity contribution in [3.8, 4) is 0 Å². The van der Waals surface area contributed by atoms with Crippen molar-refractivity contribution in [1.82, 2.24) is 10.6 Å². The molecule has 0 aromatic heterocycles. The highest BCUT2D eigenvalue weighted by molar-refractivity contribution is 4.80. The average molecular weight is 184 g/mol. The summed E-state index contributed by atoms with van der Waals surface area (Å²) in [6.07, 6.45) is 2.93. The lowest BCUT2D eigenvalue weighted by molar-refractivity contribution is 0.416. The lowest BCUT2D eigenvalue weighted by Gasteiger charge is -2.17. The molecule has 0 aliphatic heterocycles. The van der Waals surface area contributed by atoms with Gasteiger partial charge in [0.05, 0.1) is 0 Å². The molecule has 1 aliphatic rings. The summed E-state index contributed by atoms with van der Waals surface area (Å²) in [4.78, 5) is 0. The van der Waals surface area contributed by atoms with Gasteiger partial charge >= 0.3 is 0 Å². The van der Waals surface area contributed by atoms with Crippen LogP contribution >= 0.6 is 0 Å². The van der Waals surface area contributed by atoms with E-state index in [9.17, 15) is 0 Å². The monoisotopic (exact) mass is 184 g/mol. The Morgan fingerprint density at radius 1 is 1.23 bits per heavy atom. The Labute approximate surface area is 82.5 Å². The molecule has 2 heteroatoms. The normalized spacial score (nSPS) is 21.5. The highest BCUT2D eigenvalue weighted by atomic mass is 15.0. The molecule has 78 valence electrons. The minimum atomic E-state index is 0.612. The molecular formula is C11H24N2. The first-order valence-corrected chi connectivity index (χ1v) is 5.68. The molecule has 0 aromatic carbocycles. The molecule has 0 radical (unpaired) electrons. The zero-order valence-electron chi connectivity index (χ0n) is 9.27. The van der Waals surface area contributed by atoms with Gasteiger partial charge in [-0.25, -0.2) is 0 Å². The van der Waals surface area contributed by atoms with E-state index >= 15 is 0 Å². The fraction of sp³-hybridized carbons (Fsp3) is 1.00. The molecule has 2 N–H and O–H groups in total. The predicted molar refractivity (Wildman–Crippen MR) is 57.9 cm³/mol. The highest BCUT2D eigenvalue weighted by Gasteiger charge is 2.27. The Bertz CT molecular complexity index is 132. The molecule has 1 aliphatic carbocycles. The van der Waals surface area contributed by atoms with Crippen molar-refractivity contribution in [3.63, 3.8) is 0 Å². The van der Waals surface area contributed by atoms with Gasteiger partial charge in [0.2, 0.25) is 0 Å². The van der Waals surface area contributed by atoms with Crippen molar-refractivity contribution >= 4 is 0 Å². The van der Waals surface area contributed by atoms with Crippen molar-refractivity contribution < 1.29 is 0 Å². The number of rotatable bonds is 7. The molecule has 2 atom stereocenters. The van der Waals surface area contributed by atoms with Gasteiger partial charge in [-0.15, -0.1) is 0 Å². The van der Waals surface area contributed by atoms with E-state index in [1.165, 1.54) is 19.4 Å². The molecular weight excluding hydrogens is 160 g/mol. The standard InChI is InChI=1S/C11H24N2/c1-4-12-8-10(3)13-7-9(2)11-5-6-11/h9-13H,4-8H2,1-3H3. The molecule has 0 saturated heterocycles. The topological polar surface area (TPSA) is 24.1 Å². The molecule has 2 unspecified atom stereocenters. The summed E-state index contributed by atoms with van der Waals surface area (Å²) in [6.45, 7) is 10.1. The molecule has 0 amide bonds. The van der Waals surface area contributed by atoms with Gasteiger partial charge in [0.15, 0.2) is 0 Å². The molecule has 2 nitrogen and oxygen atoms in total. The van der Waals surface area contributed by atoms with Crippen LogP contribution in [0.25, 0.3) is 0 Å². The summed E-state index contributed by atoms with van der Waals surface area (Å²) in [7, 11) is 0. The van der Waals surface area contributed by atoms with Crippen molar-refractivity contribution in [2.24, 2.45) is 11.8 Å². The van der Waals surface area contributed by atoms with Gasteiger partial charge in [0.25, 0.3) is 0 Å². The van der Waals surface area contributed by atoms with E-state index in [1.54, 1.807) is 0 Å².